The largest absolute Gasteiger partial charge is 0.483 e. The third-order valence-corrected chi connectivity index (χ3v) is 5.33. The van der Waals surface area contributed by atoms with E-state index in [1.165, 1.54) is 18.2 Å². The highest BCUT2D eigenvalue weighted by Crippen LogP contribution is 2.26. The molecule has 0 radical (unpaired) electrons. The smallest absolute Gasteiger partial charge is 0.262 e. The van der Waals surface area contributed by atoms with Gasteiger partial charge in [0.1, 0.15) is 11.6 Å². The fourth-order valence-corrected chi connectivity index (χ4v) is 3.53. The van der Waals surface area contributed by atoms with Crippen LogP contribution in [-0.2, 0) is 4.79 Å². The molecule has 0 spiro atoms. The molecular formula is C25H25ClFN3O3. The lowest BCUT2D eigenvalue weighted by atomic mass is 10.1. The number of hydrogen-bond acceptors (Lipinski definition) is 4. The van der Waals surface area contributed by atoms with E-state index in [1.807, 2.05) is 43.3 Å². The highest BCUT2D eigenvalue weighted by atomic mass is 35.5. The SMILES string of the molecule is CN(C)C(CNC(=O)c1ccccc1OCC(=O)Nc1ccccc1F)c1ccccc1Cl. The number of ether oxygens (including phenoxy) is 1. The Morgan fingerprint density at radius 3 is 2.39 bits per heavy atom. The van der Waals surface area contributed by atoms with Gasteiger partial charge < -0.3 is 20.3 Å². The third kappa shape index (κ3) is 6.54. The van der Waals surface area contributed by atoms with E-state index in [2.05, 4.69) is 10.6 Å². The molecular weight excluding hydrogens is 445 g/mol. The second-order valence-electron chi connectivity index (χ2n) is 7.52. The summed E-state index contributed by atoms with van der Waals surface area (Å²) in [7, 11) is 3.82. The van der Waals surface area contributed by atoms with E-state index in [0.29, 0.717) is 11.6 Å². The van der Waals surface area contributed by atoms with Gasteiger partial charge in [0.15, 0.2) is 6.61 Å². The summed E-state index contributed by atoms with van der Waals surface area (Å²) < 4.78 is 19.3. The number of hydrogen-bond donors (Lipinski definition) is 2. The average molecular weight is 470 g/mol. The van der Waals surface area contributed by atoms with Crippen LogP contribution in [0.5, 0.6) is 5.75 Å². The van der Waals surface area contributed by atoms with Crippen molar-refractivity contribution >= 4 is 29.1 Å². The third-order valence-electron chi connectivity index (χ3n) is 4.98. The quantitative estimate of drug-likeness (QED) is 0.483. The first-order valence-corrected chi connectivity index (χ1v) is 10.7. The first-order chi connectivity index (χ1) is 15.9. The number of carbonyl (C=O) groups is 2. The van der Waals surface area contributed by atoms with Crippen LogP contribution in [0.25, 0.3) is 0 Å². The van der Waals surface area contributed by atoms with Crippen molar-refractivity contribution in [1.82, 2.24) is 10.2 Å². The van der Waals surface area contributed by atoms with Crippen molar-refractivity contribution in [3.63, 3.8) is 0 Å². The molecule has 0 aliphatic rings. The Hall–Kier alpha value is -3.42. The number of anilines is 1. The Morgan fingerprint density at radius 2 is 1.67 bits per heavy atom. The summed E-state index contributed by atoms with van der Waals surface area (Å²) in [5.41, 5.74) is 1.25. The van der Waals surface area contributed by atoms with Crippen LogP contribution in [0.3, 0.4) is 0 Å². The van der Waals surface area contributed by atoms with Gasteiger partial charge in [-0.25, -0.2) is 4.39 Å². The number of amides is 2. The zero-order chi connectivity index (χ0) is 23.8. The maximum absolute atomic E-state index is 13.7. The van der Waals surface area contributed by atoms with Crippen molar-refractivity contribution in [2.45, 2.75) is 6.04 Å². The zero-order valence-electron chi connectivity index (χ0n) is 18.3. The molecule has 2 amide bonds. The van der Waals surface area contributed by atoms with Gasteiger partial charge in [0.25, 0.3) is 11.8 Å². The van der Waals surface area contributed by atoms with E-state index >= 15 is 0 Å². The summed E-state index contributed by atoms with van der Waals surface area (Å²) in [4.78, 5) is 27.0. The van der Waals surface area contributed by atoms with Crippen LogP contribution >= 0.6 is 11.6 Å². The van der Waals surface area contributed by atoms with Gasteiger partial charge in [-0.15, -0.1) is 0 Å². The molecule has 0 aliphatic carbocycles. The highest BCUT2D eigenvalue weighted by molar-refractivity contribution is 6.31. The molecule has 0 aliphatic heterocycles. The van der Waals surface area contributed by atoms with Gasteiger partial charge in [-0.3, -0.25) is 9.59 Å². The summed E-state index contributed by atoms with van der Waals surface area (Å²) in [5, 5.41) is 5.98. The Balaban J connectivity index is 1.64. The normalized spacial score (nSPS) is 11.7. The summed E-state index contributed by atoms with van der Waals surface area (Å²) in [5.74, 6) is -1.18. The molecule has 0 aromatic heterocycles. The Labute approximate surface area is 197 Å². The van der Waals surface area contributed by atoms with Gasteiger partial charge in [-0.05, 0) is 50.0 Å². The second-order valence-corrected chi connectivity index (χ2v) is 7.93. The van der Waals surface area contributed by atoms with Crippen LogP contribution in [-0.4, -0.2) is 44.0 Å². The number of halogens is 2. The number of para-hydroxylation sites is 2. The number of rotatable bonds is 9. The minimum atomic E-state index is -0.542. The van der Waals surface area contributed by atoms with Gasteiger partial charge in [-0.2, -0.15) is 0 Å². The highest BCUT2D eigenvalue weighted by Gasteiger charge is 2.20. The molecule has 0 bridgehead atoms. The van der Waals surface area contributed by atoms with Crippen molar-refractivity contribution in [1.29, 1.82) is 0 Å². The summed E-state index contributed by atoms with van der Waals surface area (Å²) >= 11 is 6.34. The van der Waals surface area contributed by atoms with E-state index in [4.69, 9.17) is 16.3 Å². The lowest BCUT2D eigenvalue weighted by Gasteiger charge is -2.26. The molecule has 3 aromatic rings. The minimum Gasteiger partial charge on any atom is -0.483 e. The van der Waals surface area contributed by atoms with Crippen molar-refractivity contribution < 1.29 is 18.7 Å². The van der Waals surface area contributed by atoms with Crippen LogP contribution in [0.15, 0.2) is 72.8 Å². The fourth-order valence-electron chi connectivity index (χ4n) is 3.27. The molecule has 33 heavy (non-hydrogen) atoms. The van der Waals surface area contributed by atoms with E-state index in [9.17, 15) is 14.0 Å². The lowest BCUT2D eigenvalue weighted by Crippen LogP contribution is -2.35. The Bertz CT molecular complexity index is 1120. The van der Waals surface area contributed by atoms with Gasteiger partial charge in [0.05, 0.1) is 17.3 Å². The van der Waals surface area contributed by atoms with E-state index in [0.717, 1.165) is 5.56 Å². The van der Waals surface area contributed by atoms with Crippen LogP contribution in [0, 0.1) is 5.82 Å². The summed E-state index contributed by atoms with van der Waals surface area (Å²) in [6.07, 6.45) is 0. The predicted molar refractivity (Wildman–Crippen MR) is 127 cm³/mol. The Kier molecular flexibility index (Phi) is 8.40. The van der Waals surface area contributed by atoms with Gasteiger partial charge in [0, 0.05) is 11.6 Å². The van der Waals surface area contributed by atoms with E-state index in [1.54, 1.807) is 30.3 Å². The van der Waals surface area contributed by atoms with Crippen molar-refractivity contribution in [3.8, 4) is 5.75 Å². The monoisotopic (exact) mass is 469 g/mol. The molecule has 0 saturated heterocycles. The lowest BCUT2D eigenvalue weighted by molar-refractivity contribution is -0.118. The van der Waals surface area contributed by atoms with Crippen LogP contribution in [0.4, 0.5) is 10.1 Å². The molecule has 1 atom stereocenters. The molecule has 172 valence electrons. The number of carbonyl (C=O) groups excluding carboxylic acids is 2. The van der Waals surface area contributed by atoms with Crippen molar-refractivity contribution in [2.75, 3.05) is 32.6 Å². The standard InChI is InChI=1S/C25H25ClFN3O3/c1-30(2)22(17-9-3-5-11-19(17)26)15-28-25(32)18-10-4-8-14-23(18)33-16-24(31)29-21-13-7-6-12-20(21)27/h3-14,22H,15-16H2,1-2H3,(H,28,32)(H,29,31). The number of nitrogens with one attached hydrogen (secondary N) is 2. The van der Waals surface area contributed by atoms with Gasteiger partial charge >= 0.3 is 0 Å². The number of likely N-dealkylation sites (N-methyl/N-ethyl adjacent to an activating group) is 1. The molecule has 0 saturated carbocycles. The molecule has 8 heteroatoms. The van der Waals surface area contributed by atoms with Gasteiger partial charge in [-0.1, -0.05) is 54.1 Å². The van der Waals surface area contributed by atoms with Crippen LogP contribution in [0.2, 0.25) is 5.02 Å². The predicted octanol–water partition coefficient (Wildman–Crippen LogP) is 4.53. The maximum atomic E-state index is 13.7. The maximum Gasteiger partial charge on any atom is 0.262 e. The molecule has 6 nitrogen and oxygen atoms in total. The average Bonchev–Trinajstić information content (AvgIpc) is 2.80. The molecule has 3 aromatic carbocycles. The van der Waals surface area contributed by atoms with Crippen molar-refractivity contribution in [3.05, 3.63) is 94.8 Å². The minimum absolute atomic E-state index is 0.0615. The second kappa shape index (κ2) is 11.4. The molecule has 1 unspecified atom stereocenters. The van der Waals surface area contributed by atoms with Crippen LogP contribution in [0.1, 0.15) is 22.0 Å². The van der Waals surface area contributed by atoms with Crippen molar-refractivity contribution in [2.24, 2.45) is 0 Å². The Morgan fingerprint density at radius 1 is 1.00 bits per heavy atom. The molecule has 0 heterocycles. The fraction of sp³-hybridized carbons (Fsp3) is 0.200. The first kappa shape index (κ1) is 24.2. The summed E-state index contributed by atoms with van der Waals surface area (Å²) in [6, 6.07) is 19.8. The number of nitrogens with zero attached hydrogens (tertiary/aromatic N) is 1. The van der Waals surface area contributed by atoms with Gasteiger partial charge in [0.2, 0.25) is 0 Å². The number of benzene rings is 3. The van der Waals surface area contributed by atoms with Crippen LogP contribution < -0.4 is 15.4 Å². The molecule has 0 fully saturated rings. The van der Waals surface area contributed by atoms with E-state index < -0.39 is 11.7 Å². The summed E-state index contributed by atoms with van der Waals surface area (Å²) in [6.45, 7) is -0.0593. The molecule has 3 rings (SSSR count). The zero-order valence-corrected chi connectivity index (χ0v) is 19.1. The first-order valence-electron chi connectivity index (χ1n) is 10.3. The topological polar surface area (TPSA) is 70.7 Å². The van der Waals surface area contributed by atoms with E-state index in [-0.39, 0.29) is 35.6 Å². The molecule has 2 N–H and O–H groups in total.